The van der Waals surface area contributed by atoms with Crippen LogP contribution in [0.25, 0.3) is 0 Å². The lowest BCUT2D eigenvalue weighted by molar-refractivity contribution is -0.162. The van der Waals surface area contributed by atoms with E-state index < -0.39 is 26.5 Å². The van der Waals surface area contributed by atoms with Crippen molar-refractivity contribution in [3.63, 3.8) is 0 Å². The predicted octanol–water partition coefficient (Wildman–Crippen LogP) is 4.12. The number of likely N-dealkylation sites (tertiary alicyclic amines) is 1. The Balaban J connectivity index is 1.99. The van der Waals surface area contributed by atoms with E-state index in [4.69, 9.17) is 0 Å². The molecule has 1 aliphatic heterocycles. The molecular formula is C22H28F3NO4S. The van der Waals surface area contributed by atoms with Crippen LogP contribution in [-0.4, -0.2) is 44.2 Å². The third-order valence-corrected chi connectivity index (χ3v) is 9.51. The summed E-state index contributed by atoms with van der Waals surface area (Å²) < 4.78 is 66.9. The highest BCUT2D eigenvalue weighted by atomic mass is 32.2. The van der Waals surface area contributed by atoms with Gasteiger partial charge >= 0.3 is 15.6 Å². The number of nitrogens with zero attached hydrogens (tertiary/aromatic N) is 1. The summed E-state index contributed by atoms with van der Waals surface area (Å²) in [5, 5.41) is 0. The number of Topliss-reactive ketones (excluding diaryl/α,β-unsaturated/α-hetero) is 1. The second-order valence-electron chi connectivity index (χ2n) is 10.0. The molecule has 5 nitrogen and oxygen atoms in total. The zero-order valence-electron chi connectivity index (χ0n) is 18.4. The first-order valence-corrected chi connectivity index (χ1v) is 11.9. The molecule has 1 saturated heterocycles. The van der Waals surface area contributed by atoms with Gasteiger partial charge < -0.3 is 9.08 Å². The fraction of sp³-hybridized carbons (Fsp3) is 0.682. The number of benzene rings is 1. The minimum atomic E-state index is -5.79. The Morgan fingerprint density at radius 2 is 1.81 bits per heavy atom. The van der Waals surface area contributed by atoms with Crippen LogP contribution >= 0.6 is 0 Å². The SMILES string of the molecule is Cc1c(OS(=O)(=O)C(F)(F)F)ccc2c1[C@]13CCN(C)[C@H](C2)C1(C)CCC(=O)C3(C)C. The Hall–Kier alpha value is -1.61. The first kappa shape index (κ1) is 22.6. The maximum Gasteiger partial charge on any atom is 0.534 e. The fourth-order valence-electron chi connectivity index (χ4n) is 6.97. The summed E-state index contributed by atoms with van der Waals surface area (Å²) in [5.74, 6) is -0.186. The zero-order chi connectivity index (χ0) is 23.2. The third-order valence-electron chi connectivity index (χ3n) is 8.54. The quantitative estimate of drug-likeness (QED) is 0.492. The summed E-state index contributed by atoms with van der Waals surface area (Å²) in [6.07, 6.45) is 2.51. The molecule has 1 aromatic rings. The van der Waals surface area contributed by atoms with E-state index in [9.17, 15) is 26.4 Å². The number of carbonyl (C=O) groups is 1. The van der Waals surface area contributed by atoms with Crippen LogP contribution < -0.4 is 4.18 Å². The Labute approximate surface area is 181 Å². The van der Waals surface area contributed by atoms with Crippen molar-refractivity contribution in [1.29, 1.82) is 0 Å². The van der Waals surface area contributed by atoms with Gasteiger partial charge in [-0.3, -0.25) is 4.79 Å². The molecular weight excluding hydrogens is 431 g/mol. The van der Waals surface area contributed by atoms with Crippen LogP contribution in [0, 0.1) is 17.8 Å². The third kappa shape index (κ3) is 2.71. The van der Waals surface area contributed by atoms with Crippen molar-refractivity contribution in [2.45, 2.75) is 70.3 Å². The monoisotopic (exact) mass is 459 g/mol. The Morgan fingerprint density at radius 1 is 1.16 bits per heavy atom. The van der Waals surface area contributed by atoms with E-state index in [1.807, 2.05) is 13.8 Å². The highest BCUT2D eigenvalue weighted by Gasteiger charge is 2.69. The lowest BCUT2D eigenvalue weighted by Crippen LogP contribution is -2.72. The average molecular weight is 460 g/mol. The van der Waals surface area contributed by atoms with E-state index >= 15 is 0 Å². The van der Waals surface area contributed by atoms with Crippen LogP contribution in [0.2, 0.25) is 0 Å². The fourth-order valence-corrected chi connectivity index (χ4v) is 7.48. The second-order valence-corrected chi connectivity index (χ2v) is 11.6. The number of halogens is 3. The smallest absolute Gasteiger partial charge is 0.376 e. The van der Waals surface area contributed by atoms with Gasteiger partial charge in [0.15, 0.2) is 0 Å². The average Bonchev–Trinajstić information content (AvgIpc) is 2.63. The molecule has 2 aliphatic carbocycles. The molecule has 9 heteroatoms. The lowest BCUT2D eigenvalue weighted by Gasteiger charge is -2.69. The number of alkyl halides is 3. The van der Waals surface area contributed by atoms with E-state index in [0.29, 0.717) is 31.2 Å². The molecule has 3 aliphatic rings. The molecule has 2 bridgehead atoms. The zero-order valence-corrected chi connectivity index (χ0v) is 19.2. The summed E-state index contributed by atoms with van der Waals surface area (Å²) in [6, 6.07) is 3.17. The summed E-state index contributed by atoms with van der Waals surface area (Å²) in [6.45, 7) is 8.42. The highest BCUT2D eigenvalue weighted by Crippen LogP contribution is 2.68. The second kappa shape index (κ2) is 6.47. The summed E-state index contributed by atoms with van der Waals surface area (Å²) in [5.41, 5.74) is -5.04. The van der Waals surface area contributed by atoms with Crippen molar-refractivity contribution in [2.75, 3.05) is 13.6 Å². The van der Waals surface area contributed by atoms with E-state index in [1.165, 1.54) is 6.07 Å². The number of ketones is 1. The number of piperidine rings is 1. The van der Waals surface area contributed by atoms with Gasteiger partial charge in [-0.15, -0.1) is 0 Å². The molecule has 0 amide bonds. The van der Waals surface area contributed by atoms with Crippen molar-refractivity contribution in [3.05, 3.63) is 28.8 Å². The van der Waals surface area contributed by atoms with Crippen LogP contribution in [0.1, 0.15) is 56.7 Å². The molecule has 1 saturated carbocycles. The Kier molecular flexibility index (Phi) is 4.71. The lowest BCUT2D eigenvalue weighted by atomic mass is 9.37. The molecule has 0 spiro atoms. The van der Waals surface area contributed by atoms with Crippen molar-refractivity contribution in [1.82, 2.24) is 4.90 Å². The van der Waals surface area contributed by atoms with Crippen LogP contribution in [0.5, 0.6) is 5.75 Å². The summed E-state index contributed by atoms with van der Waals surface area (Å²) >= 11 is 0. The minimum Gasteiger partial charge on any atom is -0.376 e. The van der Waals surface area contributed by atoms with Gasteiger partial charge in [0, 0.05) is 23.3 Å². The molecule has 2 fully saturated rings. The number of rotatable bonds is 2. The van der Waals surface area contributed by atoms with Crippen LogP contribution in [0.15, 0.2) is 12.1 Å². The van der Waals surface area contributed by atoms with Gasteiger partial charge in [-0.05, 0) is 68.0 Å². The Bertz CT molecular complexity index is 1070. The number of fused-ring (bicyclic) bond motifs is 1. The van der Waals surface area contributed by atoms with E-state index in [0.717, 1.165) is 17.7 Å². The first-order valence-electron chi connectivity index (χ1n) is 10.5. The highest BCUT2D eigenvalue weighted by molar-refractivity contribution is 7.88. The van der Waals surface area contributed by atoms with Crippen molar-refractivity contribution in [2.24, 2.45) is 10.8 Å². The molecule has 1 aromatic carbocycles. The van der Waals surface area contributed by atoms with Crippen molar-refractivity contribution in [3.8, 4) is 5.75 Å². The van der Waals surface area contributed by atoms with Gasteiger partial charge in [-0.2, -0.15) is 21.6 Å². The maximum absolute atomic E-state index is 13.2. The van der Waals surface area contributed by atoms with Crippen LogP contribution in [0.3, 0.4) is 0 Å². The number of hydrogen-bond donors (Lipinski definition) is 0. The normalized spacial score (nSPS) is 32.9. The predicted molar refractivity (Wildman–Crippen MR) is 109 cm³/mol. The molecule has 0 aromatic heterocycles. The van der Waals surface area contributed by atoms with Crippen LogP contribution in [0.4, 0.5) is 13.2 Å². The molecule has 0 radical (unpaired) electrons. The van der Waals surface area contributed by atoms with Gasteiger partial charge in [0.05, 0.1) is 0 Å². The molecule has 3 atom stereocenters. The first-order chi connectivity index (χ1) is 14.1. The molecule has 1 heterocycles. The summed E-state index contributed by atoms with van der Waals surface area (Å²) in [4.78, 5) is 15.5. The van der Waals surface area contributed by atoms with E-state index in [-0.39, 0.29) is 23.0 Å². The minimum absolute atomic E-state index is 0.134. The standard InChI is InChI=1S/C22H28F3NO4S/c1-13-15(30-31(28,29)22(23,24)25)7-6-14-12-16-20(4)9-8-17(27)19(2,3)21(20,18(13)14)10-11-26(16)5/h6-7,16H,8-12H2,1-5H3/t16-,20?,21+/m1/s1. The van der Waals surface area contributed by atoms with Gasteiger partial charge in [-0.1, -0.05) is 26.8 Å². The van der Waals surface area contributed by atoms with Gasteiger partial charge in [0.2, 0.25) is 0 Å². The van der Waals surface area contributed by atoms with Crippen molar-refractivity contribution >= 4 is 15.9 Å². The number of carbonyl (C=O) groups excluding carboxylic acids is 1. The molecule has 4 rings (SSSR count). The molecule has 172 valence electrons. The maximum atomic E-state index is 13.2. The number of hydrogen-bond acceptors (Lipinski definition) is 5. The van der Waals surface area contributed by atoms with E-state index in [1.54, 1.807) is 13.0 Å². The van der Waals surface area contributed by atoms with Crippen molar-refractivity contribution < 1.29 is 30.6 Å². The summed E-state index contributed by atoms with van der Waals surface area (Å²) in [7, 11) is -3.71. The molecule has 31 heavy (non-hydrogen) atoms. The number of likely N-dealkylation sites (N-methyl/N-ethyl adjacent to an activating group) is 1. The largest absolute Gasteiger partial charge is 0.534 e. The topological polar surface area (TPSA) is 63.7 Å². The van der Waals surface area contributed by atoms with Gasteiger partial charge in [0.25, 0.3) is 0 Å². The van der Waals surface area contributed by atoms with E-state index in [2.05, 4.69) is 23.1 Å². The molecule has 1 unspecified atom stereocenters. The van der Waals surface area contributed by atoms with Gasteiger partial charge in [-0.25, -0.2) is 0 Å². The Morgan fingerprint density at radius 3 is 2.42 bits per heavy atom. The van der Waals surface area contributed by atoms with Gasteiger partial charge in [0.1, 0.15) is 11.5 Å². The molecule has 0 N–H and O–H groups in total. The van der Waals surface area contributed by atoms with Crippen LogP contribution in [-0.2, 0) is 26.7 Å².